The molecular weight excluding hydrogens is 317 g/mol. The maximum Gasteiger partial charge on any atom is 0.181 e. The highest BCUT2D eigenvalue weighted by atomic mass is 19.2. The number of rotatable bonds is 5. The normalized spacial score (nSPS) is 11.9. The topological polar surface area (TPSA) is 40.5 Å². The molecule has 2 rings (SSSR count). The maximum absolute atomic E-state index is 14.1. The van der Waals surface area contributed by atoms with Crippen LogP contribution in [0.1, 0.15) is 30.8 Å². The predicted molar refractivity (Wildman–Crippen MR) is 87.5 cm³/mol. The third kappa shape index (κ3) is 3.58. The van der Waals surface area contributed by atoms with E-state index in [0.29, 0.717) is 23.1 Å². The van der Waals surface area contributed by atoms with Crippen molar-refractivity contribution in [3.05, 3.63) is 77.6 Å². The minimum absolute atomic E-state index is 0.0245. The minimum Gasteiger partial charge on any atom is -0.364 e. The molecule has 0 unspecified atom stereocenters. The molecule has 2 aromatic rings. The number of allylic oxidation sites excluding steroid dienone is 3. The van der Waals surface area contributed by atoms with Gasteiger partial charge in [-0.25, -0.2) is 13.2 Å². The number of aliphatic hydroxyl groups is 2. The lowest BCUT2D eigenvalue weighted by Gasteiger charge is -2.11. The Labute approximate surface area is 138 Å². The smallest absolute Gasteiger partial charge is 0.181 e. The third-order valence-corrected chi connectivity index (χ3v) is 3.60. The molecule has 0 saturated heterocycles. The van der Waals surface area contributed by atoms with Crippen molar-refractivity contribution in [1.82, 2.24) is 0 Å². The molecule has 2 N–H and O–H groups in total. The molecule has 126 valence electrons. The first-order chi connectivity index (χ1) is 11.4. The van der Waals surface area contributed by atoms with Crippen molar-refractivity contribution in [2.75, 3.05) is 0 Å². The van der Waals surface area contributed by atoms with E-state index < -0.39 is 29.3 Å². The summed E-state index contributed by atoms with van der Waals surface area (Å²) in [5.41, 5.74) is 0.763. The van der Waals surface area contributed by atoms with Crippen molar-refractivity contribution in [2.24, 2.45) is 0 Å². The van der Waals surface area contributed by atoms with Crippen molar-refractivity contribution < 1.29 is 23.4 Å². The summed E-state index contributed by atoms with van der Waals surface area (Å²) in [5.74, 6) is -3.05. The summed E-state index contributed by atoms with van der Waals surface area (Å²) in [6.07, 6.45) is 0.230. The second-order valence-electron chi connectivity index (χ2n) is 5.21. The molecule has 0 atom stereocenters. The summed E-state index contributed by atoms with van der Waals surface area (Å²) in [4.78, 5) is 0. The van der Waals surface area contributed by atoms with Crippen LogP contribution in [0, 0.1) is 11.6 Å². The van der Waals surface area contributed by atoms with Crippen LogP contribution in [0.25, 0.3) is 16.7 Å². The molecule has 2 nitrogen and oxygen atoms in total. The molecule has 0 radical (unpaired) electrons. The monoisotopic (exact) mass is 334 g/mol. The largest absolute Gasteiger partial charge is 0.364 e. The highest BCUT2D eigenvalue weighted by Crippen LogP contribution is 2.30. The van der Waals surface area contributed by atoms with Gasteiger partial charge in [-0.15, -0.1) is 0 Å². The highest BCUT2D eigenvalue weighted by Gasteiger charge is 2.18. The van der Waals surface area contributed by atoms with Gasteiger partial charge in [0, 0.05) is 16.7 Å². The second-order valence-corrected chi connectivity index (χ2v) is 5.21. The first-order valence-corrected chi connectivity index (χ1v) is 7.36. The van der Waals surface area contributed by atoms with Crippen LogP contribution >= 0.6 is 0 Å². The van der Waals surface area contributed by atoms with Gasteiger partial charge in [0.2, 0.25) is 0 Å². The molecule has 5 heteroatoms. The molecule has 0 aliphatic heterocycles. The molecule has 0 aliphatic carbocycles. The predicted octanol–water partition coefficient (Wildman–Crippen LogP) is 4.89. The average Bonchev–Trinajstić information content (AvgIpc) is 2.55. The fraction of sp³-hybridized carbons (Fsp3) is 0.158. The minimum atomic E-state index is -2.09. The van der Waals surface area contributed by atoms with E-state index in [-0.39, 0.29) is 5.56 Å². The van der Waals surface area contributed by atoms with Crippen LogP contribution in [0.3, 0.4) is 0 Å². The van der Waals surface area contributed by atoms with Gasteiger partial charge in [0.25, 0.3) is 0 Å². The fourth-order valence-corrected chi connectivity index (χ4v) is 2.41. The number of hydrogen-bond donors (Lipinski definition) is 2. The second kappa shape index (κ2) is 7.47. The van der Waals surface area contributed by atoms with E-state index in [2.05, 4.69) is 6.58 Å². The molecule has 0 spiro atoms. The third-order valence-electron chi connectivity index (χ3n) is 3.60. The van der Waals surface area contributed by atoms with Crippen LogP contribution in [-0.4, -0.2) is 10.2 Å². The van der Waals surface area contributed by atoms with Crippen molar-refractivity contribution in [1.29, 1.82) is 0 Å². The Balaban J connectivity index is 2.44. The summed E-state index contributed by atoms with van der Waals surface area (Å²) < 4.78 is 41.5. The Morgan fingerprint density at radius 2 is 1.71 bits per heavy atom. The SMILES string of the molecule is C=C(F)/C(=C\CC)c1ccc(-c2ccc(C(O)O)c(F)c2F)cc1. The van der Waals surface area contributed by atoms with Gasteiger partial charge in [-0.3, -0.25) is 0 Å². The first kappa shape index (κ1) is 18.0. The van der Waals surface area contributed by atoms with Gasteiger partial charge < -0.3 is 10.2 Å². The zero-order chi connectivity index (χ0) is 17.9. The van der Waals surface area contributed by atoms with E-state index in [4.69, 9.17) is 10.2 Å². The lowest BCUT2D eigenvalue weighted by molar-refractivity contribution is -0.0453. The van der Waals surface area contributed by atoms with Crippen LogP contribution in [0.5, 0.6) is 0 Å². The van der Waals surface area contributed by atoms with Crippen molar-refractivity contribution >= 4 is 5.57 Å². The molecule has 0 heterocycles. The van der Waals surface area contributed by atoms with Crippen LogP contribution < -0.4 is 0 Å². The maximum atomic E-state index is 14.1. The van der Waals surface area contributed by atoms with Gasteiger partial charge in [0.1, 0.15) is 5.83 Å². The molecule has 0 aromatic heterocycles. The van der Waals surface area contributed by atoms with Crippen molar-refractivity contribution in [3.63, 3.8) is 0 Å². The zero-order valence-corrected chi connectivity index (χ0v) is 13.1. The molecular formula is C19H17F3O2. The molecule has 0 fully saturated rings. The average molecular weight is 334 g/mol. The van der Waals surface area contributed by atoms with E-state index in [1.165, 1.54) is 18.2 Å². The number of aliphatic hydroxyl groups excluding tert-OH is 1. The Bertz CT molecular complexity index is 778. The van der Waals surface area contributed by atoms with E-state index in [1.807, 2.05) is 6.92 Å². The molecule has 0 amide bonds. The van der Waals surface area contributed by atoms with E-state index in [1.54, 1.807) is 18.2 Å². The Morgan fingerprint density at radius 3 is 2.21 bits per heavy atom. The quantitative estimate of drug-likeness (QED) is 0.604. The zero-order valence-electron chi connectivity index (χ0n) is 13.1. The van der Waals surface area contributed by atoms with Gasteiger partial charge in [-0.05, 0) is 17.5 Å². The van der Waals surface area contributed by atoms with Gasteiger partial charge in [-0.1, -0.05) is 56.0 Å². The summed E-state index contributed by atoms with van der Waals surface area (Å²) >= 11 is 0. The summed E-state index contributed by atoms with van der Waals surface area (Å²) in [7, 11) is 0. The number of halogens is 3. The fourth-order valence-electron chi connectivity index (χ4n) is 2.41. The van der Waals surface area contributed by atoms with Crippen LogP contribution in [0.15, 0.2) is 54.9 Å². The summed E-state index contributed by atoms with van der Waals surface area (Å²) in [6, 6.07) is 8.63. The van der Waals surface area contributed by atoms with Gasteiger partial charge in [0.05, 0.1) is 0 Å². The highest BCUT2D eigenvalue weighted by molar-refractivity contribution is 5.78. The lowest BCUT2D eigenvalue weighted by atomic mass is 9.98. The Kier molecular flexibility index (Phi) is 5.59. The van der Waals surface area contributed by atoms with Crippen LogP contribution in [0.2, 0.25) is 0 Å². The van der Waals surface area contributed by atoms with Gasteiger partial charge in [0.15, 0.2) is 17.9 Å². The molecule has 0 saturated carbocycles. The lowest BCUT2D eigenvalue weighted by Crippen LogP contribution is -2.02. The van der Waals surface area contributed by atoms with E-state index in [9.17, 15) is 13.2 Å². The van der Waals surface area contributed by atoms with E-state index in [0.717, 1.165) is 6.07 Å². The van der Waals surface area contributed by atoms with Crippen LogP contribution in [-0.2, 0) is 0 Å². The standard InChI is InChI=1S/C19H17F3O2/c1-3-4-14(11(2)20)12-5-7-13(8-6-12)15-9-10-16(19(23)24)18(22)17(15)21/h4-10,19,23-24H,2-3H2,1H3/b14-4+. The first-order valence-electron chi connectivity index (χ1n) is 7.36. The molecule has 24 heavy (non-hydrogen) atoms. The summed E-state index contributed by atoms with van der Waals surface area (Å²) in [5, 5.41) is 18.0. The van der Waals surface area contributed by atoms with Crippen molar-refractivity contribution in [3.8, 4) is 11.1 Å². The summed E-state index contributed by atoms with van der Waals surface area (Å²) in [6.45, 7) is 5.16. The van der Waals surface area contributed by atoms with Gasteiger partial charge >= 0.3 is 0 Å². The van der Waals surface area contributed by atoms with Crippen molar-refractivity contribution in [2.45, 2.75) is 19.6 Å². The van der Waals surface area contributed by atoms with E-state index >= 15 is 0 Å². The van der Waals surface area contributed by atoms with Gasteiger partial charge in [-0.2, -0.15) is 0 Å². The van der Waals surface area contributed by atoms with Crippen LogP contribution in [0.4, 0.5) is 13.2 Å². The Hall–Kier alpha value is -2.37. The molecule has 0 aliphatic rings. The Morgan fingerprint density at radius 1 is 1.08 bits per heavy atom. The molecule has 0 bridgehead atoms. The molecule has 2 aromatic carbocycles. The number of benzene rings is 2. The number of hydrogen-bond acceptors (Lipinski definition) is 2.